The molecule has 0 unspecified atom stereocenters. The Hall–Kier alpha value is -1.94. The van der Waals surface area contributed by atoms with Crippen molar-refractivity contribution >= 4 is 33.0 Å². The quantitative estimate of drug-likeness (QED) is 0.813. The number of morpholine rings is 1. The molecule has 27 heavy (non-hydrogen) atoms. The van der Waals surface area contributed by atoms with E-state index < -0.39 is 10.0 Å². The molecule has 0 atom stereocenters. The number of hydrogen-bond donors (Lipinski definition) is 1. The largest absolute Gasteiger partial charge is 0.378 e. The van der Waals surface area contributed by atoms with Crippen molar-refractivity contribution in [3.8, 4) is 0 Å². The highest BCUT2D eigenvalue weighted by Gasteiger charge is 2.24. The zero-order valence-corrected chi connectivity index (χ0v) is 17.0. The zero-order chi connectivity index (χ0) is 19.6. The van der Waals surface area contributed by atoms with Crippen LogP contribution < -0.4 is 10.0 Å². The van der Waals surface area contributed by atoms with E-state index in [0.717, 1.165) is 10.4 Å². The van der Waals surface area contributed by atoms with Gasteiger partial charge in [0.25, 0.3) is 5.91 Å². The Labute approximate surface area is 163 Å². The summed E-state index contributed by atoms with van der Waals surface area (Å²) in [6.45, 7) is 4.88. The van der Waals surface area contributed by atoms with E-state index in [4.69, 9.17) is 9.88 Å². The minimum Gasteiger partial charge on any atom is -0.378 e. The number of aryl methyl sites for hydroxylation is 1. The molecule has 7 nitrogen and oxygen atoms in total. The van der Waals surface area contributed by atoms with Crippen LogP contribution in [-0.2, 0) is 21.3 Å². The van der Waals surface area contributed by atoms with Crippen LogP contribution in [0.4, 0.5) is 5.69 Å². The summed E-state index contributed by atoms with van der Waals surface area (Å²) in [5, 5.41) is 7.27. The van der Waals surface area contributed by atoms with Gasteiger partial charge in [-0.25, -0.2) is 13.6 Å². The fourth-order valence-electron chi connectivity index (χ4n) is 3.00. The summed E-state index contributed by atoms with van der Waals surface area (Å²) < 4.78 is 29.0. The maximum Gasteiger partial charge on any atom is 0.256 e. The van der Waals surface area contributed by atoms with Crippen molar-refractivity contribution in [1.82, 2.24) is 4.90 Å². The number of carbonyl (C=O) groups is 1. The number of sulfonamides is 1. The molecule has 0 bridgehead atoms. The minimum atomic E-state index is -3.90. The smallest absolute Gasteiger partial charge is 0.256 e. The molecule has 146 valence electrons. The molecule has 1 aliphatic rings. The van der Waals surface area contributed by atoms with Crippen molar-refractivity contribution in [2.24, 2.45) is 5.14 Å². The number of ether oxygens (including phenoxy) is 1. The van der Waals surface area contributed by atoms with E-state index in [1.54, 1.807) is 29.4 Å². The first-order chi connectivity index (χ1) is 12.8. The first-order valence-electron chi connectivity index (χ1n) is 8.55. The maximum atomic E-state index is 13.2. The molecular weight excluding hydrogens is 386 g/mol. The molecule has 2 N–H and O–H groups in total. The molecule has 0 aliphatic carbocycles. The Bertz CT molecular complexity index is 934. The van der Waals surface area contributed by atoms with Gasteiger partial charge in [0.2, 0.25) is 10.0 Å². The third-order valence-corrected chi connectivity index (χ3v) is 6.49. The van der Waals surface area contributed by atoms with Crippen LogP contribution in [0.25, 0.3) is 0 Å². The molecular formula is C18H23N3O4S2. The number of thiophene rings is 1. The van der Waals surface area contributed by atoms with Crippen LogP contribution in [0.3, 0.4) is 0 Å². The van der Waals surface area contributed by atoms with Gasteiger partial charge in [-0.1, -0.05) is 0 Å². The highest BCUT2D eigenvalue weighted by molar-refractivity contribution is 7.89. The fraction of sp³-hybridized carbons (Fsp3) is 0.389. The predicted molar refractivity (Wildman–Crippen MR) is 106 cm³/mol. The third kappa shape index (κ3) is 4.49. The van der Waals surface area contributed by atoms with Gasteiger partial charge in [0.1, 0.15) is 0 Å². The van der Waals surface area contributed by atoms with Crippen molar-refractivity contribution in [1.29, 1.82) is 0 Å². The number of nitrogens with two attached hydrogens (primary N) is 1. The second-order valence-corrected chi connectivity index (χ2v) is 9.07. The van der Waals surface area contributed by atoms with Gasteiger partial charge in [-0.2, -0.15) is 0 Å². The summed E-state index contributed by atoms with van der Waals surface area (Å²) in [6, 6.07) is 6.49. The topological polar surface area (TPSA) is 92.9 Å². The van der Waals surface area contributed by atoms with Crippen molar-refractivity contribution < 1.29 is 17.9 Å². The van der Waals surface area contributed by atoms with Crippen molar-refractivity contribution in [3.05, 3.63) is 45.6 Å². The predicted octanol–water partition coefficient (Wildman–Crippen LogP) is 1.81. The van der Waals surface area contributed by atoms with Crippen LogP contribution in [0, 0.1) is 6.92 Å². The standard InChI is InChI=1S/C18H23N3O4S2/c1-13-5-10-26-17(13)12-20(2)18(22)15-11-14(27(19,23)24)3-4-16(15)21-6-8-25-9-7-21/h3-5,10-11H,6-9,12H2,1-2H3,(H2,19,23,24). The van der Waals surface area contributed by atoms with E-state index in [0.29, 0.717) is 44.1 Å². The Balaban J connectivity index is 1.96. The fourth-order valence-corrected chi connectivity index (χ4v) is 4.50. The highest BCUT2D eigenvalue weighted by Crippen LogP contribution is 2.27. The van der Waals surface area contributed by atoms with Crippen molar-refractivity contribution in [3.63, 3.8) is 0 Å². The Kier molecular flexibility index (Phi) is 5.85. The van der Waals surface area contributed by atoms with E-state index in [1.165, 1.54) is 12.1 Å². The first kappa shape index (κ1) is 19.8. The molecule has 0 radical (unpaired) electrons. The van der Waals surface area contributed by atoms with Gasteiger partial charge in [-0.05, 0) is 42.1 Å². The summed E-state index contributed by atoms with van der Waals surface area (Å²) in [6.07, 6.45) is 0. The Morgan fingerprint density at radius 1 is 1.30 bits per heavy atom. The molecule has 1 amide bonds. The zero-order valence-electron chi connectivity index (χ0n) is 15.3. The van der Waals surface area contributed by atoms with E-state index in [-0.39, 0.29) is 10.8 Å². The molecule has 3 rings (SSSR count). The van der Waals surface area contributed by atoms with Gasteiger partial charge in [0, 0.05) is 30.7 Å². The summed E-state index contributed by atoms with van der Waals surface area (Å²) in [4.78, 5) is 17.8. The molecule has 2 heterocycles. The molecule has 1 aliphatic heterocycles. The summed E-state index contributed by atoms with van der Waals surface area (Å²) in [5.74, 6) is -0.241. The Morgan fingerprint density at radius 2 is 2.00 bits per heavy atom. The first-order valence-corrected chi connectivity index (χ1v) is 11.0. The van der Waals surface area contributed by atoms with Gasteiger partial charge in [-0.15, -0.1) is 11.3 Å². The Morgan fingerprint density at radius 3 is 2.59 bits per heavy atom. The van der Waals surface area contributed by atoms with Gasteiger partial charge in [0.05, 0.1) is 30.2 Å². The van der Waals surface area contributed by atoms with Crippen molar-refractivity contribution in [2.45, 2.75) is 18.4 Å². The second kappa shape index (κ2) is 7.97. The van der Waals surface area contributed by atoms with Crippen LogP contribution >= 0.6 is 11.3 Å². The molecule has 0 spiro atoms. The number of carbonyl (C=O) groups excluding carboxylic acids is 1. The summed E-state index contributed by atoms with van der Waals surface area (Å²) in [7, 11) is -2.18. The maximum absolute atomic E-state index is 13.2. The minimum absolute atomic E-state index is 0.0661. The lowest BCUT2D eigenvalue weighted by molar-refractivity contribution is 0.0785. The van der Waals surface area contributed by atoms with Crippen LogP contribution in [0.15, 0.2) is 34.5 Å². The number of benzene rings is 1. The SMILES string of the molecule is Cc1ccsc1CN(C)C(=O)c1cc(S(N)(=O)=O)ccc1N1CCOCC1. The number of primary sulfonamides is 1. The van der Waals surface area contributed by atoms with Gasteiger partial charge in [-0.3, -0.25) is 4.79 Å². The van der Waals surface area contributed by atoms with E-state index in [1.807, 2.05) is 23.3 Å². The van der Waals surface area contributed by atoms with Crippen LogP contribution in [0.2, 0.25) is 0 Å². The average molecular weight is 410 g/mol. The lowest BCUT2D eigenvalue weighted by Crippen LogP contribution is -2.38. The number of nitrogens with zero attached hydrogens (tertiary/aromatic N) is 2. The molecule has 9 heteroatoms. The molecule has 1 fully saturated rings. The van der Waals surface area contributed by atoms with Crippen LogP contribution in [0.1, 0.15) is 20.8 Å². The molecule has 0 saturated carbocycles. The summed E-state index contributed by atoms with van der Waals surface area (Å²) in [5.41, 5.74) is 2.16. The van der Waals surface area contributed by atoms with Gasteiger partial charge in [0.15, 0.2) is 0 Å². The summed E-state index contributed by atoms with van der Waals surface area (Å²) >= 11 is 1.59. The molecule has 2 aromatic rings. The molecule has 1 aromatic heterocycles. The third-order valence-electron chi connectivity index (χ3n) is 4.57. The molecule has 1 aromatic carbocycles. The number of rotatable bonds is 5. The van der Waals surface area contributed by atoms with Crippen LogP contribution in [0.5, 0.6) is 0 Å². The highest BCUT2D eigenvalue weighted by atomic mass is 32.2. The second-order valence-electron chi connectivity index (χ2n) is 6.51. The monoisotopic (exact) mass is 409 g/mol. The average Bonchev–Trinajstić information content (AvgIpc) is 3.05. The lowest BCUT2D eigenvalue weighted by Gasteiger charge is -2.31. The van der Waals surface area contributed by atoms with Gasteiger partial charge >= 0.3 is 0 Å². The molecule has 1 saturated heterocycles. The van der Waals surface area contributed by atoms with Gasteiger partial charge < -0.3 is 14.5 Å². The van der Waals surface area contributed by atoms with E-state index in [2.05, 4.69) is 0 Å². The van der Waals surface area contributed by atoms with E-state index >= 15 is 0 Å². The normalized spacial score (nSPS) is 15.0. The number of hydrogen-bond acceptors (Lipinski definition) is 6. The lowest BCUT2D eigenvalue weighted by atomic mass is 10.1. The number of anilines is 1. The number of amides is 1. The van der Waals surface area contributed by atoms with Crippen molar-refractivity contribution in [2.75, 3.05) is 38.3 Å². The van der Waals surface area contributed by atoms with Crippen LogP contribution in [-0.4, -0.2) is 52.6 Å². The van der Waals surface area contributed by atoms with E-state index in [9.17, 15) is 13.2 Å².